The maximum Gasteiger partial charge on any atom is 0.143 e. The Balaban J connectivity index is 1.35. The summed E-state index contributed by atoms with van der Waals surface area (Å²) >= 11 is 0. The molecule has 0 radical (unpaired) electrons. The third-order valence-corrected chi connectivity index (χ3v) is 7.96. The van der Waals surface area contributed by atoms with Crippen LogP contribution in [-0.4, -0.2) is 0 Å². The van der Waals surface area contributed by atoms with Crippen molar-refractivity contribution in [3.8, 4) is 44.5 Å². The molecule has 8 aromatic carbocycles. The summed E-state index contributed by atoms with van der Waals surface area (Å²) < 4.78 is 144. The van der Waals surface area contributed by atoms with E-state index < -0.39 is 84.1 Å². The normalized spacial score (nSPS) is 16.5. The van der Waals surface area contributed by atoms with Crippen molar-refractivity contribution >= 4 is 43.5 Å². The molecule has 45 heavy (non-hydrogen) atoms. The maximum atomic E-state index is 9.76. The summed E-state index contributed by atoms with van der Waals surface area (Å²) in [6.45, 7) is 0. The Morgan fingerprint density at radius 1 is 0.378 bits per heavy atom. The molecule has 0 fully saturated rings. The van der Waals surface area contributed by atoms with Gasteiger partial charge in [0.1, 0.15) is 11.2 Å². The minimum atomic E-state index is -0.688. The molecule has 1 heterocycles. The molecule has 0 saturated heterocycles. The molecule has 1 heteroatoms. The van der Waals surface area contributed by atoms with Crippen LogP contribution in [0.25, 0.3) is 88.0 Å². The van der Waals surface area contributed by atoms with E-state index in [1.165, 1.54) is 0 Å². The fourth-order valence-electron chi connectivity index (χ4n) is 6.00. The lowest BCUT2D eigenvalue weighted by Crippen LogP contribution is -1.91. The average Bonchev–Trinajstić information content (AvgIpc) is 3.67. The highest BCUT2D eigenvalue weighted by Crippen LogP contribution is 2.45. The second-order valence-corrected chi connectivity index (χ2v) is 10.4. The van der Waals surface area contributed by atoms with E-state index in [-0.39, 0.29) is 56.8 Å². The highest BCUT2D eigenvalue weighted by atomic mass is 16.3. The monoisotopic (exact) mass is 588 g/mol. The van der Waals surface area contributed by atoms with Crippen LogP contribution < -0.4 is 0 Å². The molecule has 9 rings (SSSR count). The average molecular weight is 589 g/mol. The van der Waals surface area contributed by atoms with Crippen LogP contribution in [-0.2, 0) is 0 Å². The van der Waals surface area contributed by atoms with Gasteiger partial charge < -0.3 is 4.42 Å². The first-order chi connectivity index (χ1) is 29.0. The molecule has 0 aliphatic heterocycles. The van der Waals surface area contributed by atoms with Gasteiger partial charge in [-0.15, -0.1) is 0 Å². The largest absolute Gasteiger partial charge is 0.455 e. The Bertz CT molecular complexity index is 3310. The molecule has 0 saturated carbocycles. The third-order valence-electron chi connectivity index (χ3n) is 7.96. The van der Waals surface area contributed by atoms with Crippen molar-refractivity contribution in [2.45, 2.75) is 0 Å². The van der Waals surface area contributed by atoms with Crippen molar-refractivity contribution in [1.82, 2.24) is 0 Å². The second kappa shape index (κ2) is 10.4. The van der Waals surface area contributed by atoms with E-state index in [1.807, 2.05) is 36.4 Å². The molecule has 0 aliphatic rings. The van der Waals surface area contributed by atoms with Crippen LogP contribution in [0.4, 0.5) is 0 Å². The molecule has 0 aliphatic carbocycles. The number of para-hydroxylation sites is 1. The van der Waals surface area contributed by atoms with Gasteiger partial charge >= 0.3 is 0 Å². The first-order valence-electron chi connectivity index (χ1n) is 22.1. The Morgan fingerprint density at radius 2 is 0.933 bits per heavy atom. The molecule has 9 aromatic rings. The van der Waals surface area contributed by atoms with Crippen molar-refractivity contribution in [3.63, 3.8) is 0 Å². The molecule has 0 bridgehead atoms. The van der Waals surface area contributed by atoms with Crippen LogP contribution in [0.3, 0.4) is 0 Å². The molecule has 0 amide bonds. The number of benzene rings is 8. The van der Waals surface area contributed by atoms with Gasteiger partial charge in [-0.3, -0.25) is 0 Å². The zero-order chi connectivity index (χ0) is 43.7. The number of fused-ring (bicyclic) bond motifs is 5. The first kappa shape index (κ1) is 14.2. The quantitative estimate of drug-likeness (QED) is 0.186. The van der Waals surface area contributed by atoms with Crippen LogP contribution in [0, 0.1) is 0 Å². The van der Waals surface area contributed by atoms with E-state index in [1.54, 1.807) is 36.4 Å². The fourth-order valence-corrected chi connectivity index (χ4v) is 6.00. The van der Waals surface area contributed by atoms with Crippen molar-refractivity contribution in [2.24, 2.45) is 0 Å². The van der Waals surface area contributed by atoms with E-state index >= 15 is 0 Å². The Labute approximate surface area is 284 Å². The molecule has 0 spiro atoms. The number of hydrogen-bond acceptors (Lipinski definition) is 1. The second-order valence-electron chi connectivity index (χ2n) is 10.4. The van der Waals surface area contributed by atoms with E-state index in [0.29, 0.717) is 32.7 Å². The van der Waals surface area contributed by atoms with Crippen LogP contribution in [0.15, 0.2) is 174 Å². The Hall–Kier alpha value is -5.92. The lowest BCUT2D eigenvalue weighted by molar-refractivity contribution is 0.670. The third kappa shape index (κ3) is 4.17. The number of furan rings is 1. The lowest BCUT2D eigenvalue weighted by Gasteiger charge is -2.18. The summed E-state index contributed by atoms with van der Waals surface area (Å²) in [7, 11) is 0. The smallest absolute Gasteiger partial charge is 0.143 e. The van der Waals surface area contributed by atoms with Gasteiger partial charge in [0.2, 0.25) is 0 Å². The van der Waals surface area contributed by atoms with Crippen molar-refractivity contribution in [1.29, 1.82) is 0 Å². The number of hydrogen-bond donors (Lipinski definition) is 0. The molecule has 210 valence electrons. The highest BCUT2D eigenvalue weighted by Gasteiger charge is 2.18. The van der Waals surface area contributed by atoms with Crippen LogP contribution >= 0.6 is 0 Å². The van der Waals surface area contributed by atoms with E-state index in [0.717, 1.165) is 11.1 Å². The molecule has 1 nitrogen and oxygen atoms in total. The molecule has 0 N–H and O–H groups in total. The predicted molar refractivity (Wildman–Crippen MR) is 190 cm³/mol. The fraction of sp³-hybridized carbons (Fsp3) is 0. The van der Waals surface area contributed by atoms with Gasteiger partial charge in [0, 0.05) is 16.3 Å². The summed E-state index contributed by atoms with van der Waals surface area (Å²) in [6, 6.07) is 13.2. The summed E-state index contributed by atoms with van der Waals surface area (Å²) in [5.41, 5.74) is 0.977. The standard InChI is InChI=1S/C44H28O/c1-3-12-29(13-4-1)30-22-24-32(25-23-30)42-35-16-7-9-18-37(35)43(38-19-10-8-17-36(38)42)33-26-27-41-40(28-33)39-21-11-20-34(44(39)45-41)31-14-5-2-6-15-31/h1-28H/i1D,2D,3D,4D,5D,6D,11D,12D,13D,14D,15D,20D,21D,26D,27D,28D. The van der Waals surface area contributed by atoms with Gasteiger partial charge in [-0.25, -0.2) is 0 Å². The lowest BCUT2D eigenvalue weighted by atomic mass is 9.85. The predicted octanol–water partition coefficient (Wildman–Crippen LogP) is 12.6. The molecule has 1 aromatic heterocycles. The minimum Gasteiger partial charge on any atom is -0.455 e. The van der Waals surface area contributed by atoms with Gasteiger partial charge in [-0.1, -0.05) is 157 Å². The maximum absolute atomic E-state index is 9.76. The van der Waals surface area contributed by atoms with E-state index in [9.17, 15) is 4.11 Å². The first-order valence-corrected chi connectivity index (χ1v) is 14.1. The summed E-state index contributed by atoms with van der Waals surface area (Å²) in [5.74, 6) is 0. The van der Waals surface area contributed by atoms with Crippen molar-refractivity contribution < 1.29 is 26.3 Å². The zero-order valence-electron chi connectivity index (χ0n) is 39.3. The van der Waals surface area contributed by atoms with Crippen LogP contribution in [0.5, 0.6) is 0 Å². The minimum absolute atomic E-state index is 0.0147. The molecule has 0 atom stereocenters. The van der Waals surface area contributed by atoms with Crippen LogP contribution in [0.2, 0.25) is 0 Å². The zero-order valence-corrected chi connectivity index (χ0v) is 23.3. The summed E-state index contributed by atoms with van der Waals surface area (Å²) in [4.78, 5) is 0. The summed E-state index contributed by atoms with van der Waals surface area (Å²) in [5, 5.41) is 2.30. The van der Waals surface area contributed by atoms with E-state index in [4.69, 9.17) is 22.2 Å². The SMILES string of the molecule is [2H]c1c([2H])c([2H])c(-c2ccc(-c3c4ccccc4c(-c4c([2H])c([2H])c5oc6c(-c7c([2H])c([2H])c([2H])c([2H])c7[2H])c([2H])c([2H])c([2H])c6c5c4[2H])c4ccccc34)cc2)c([2H])c1[2H]. The van der Waals surface area contributed by atoms with Gasteiger partial charge in [-0.05, 0) is 72.6 Å². The number of rotatable bonds is 4. The summed E-state index contributed by atoms with van der Waals surface area (Å²) in [6.07, 6.45) is 0. The van der Waals surface area contributed by atoms with E-state index in [2.05, 4.69) is 0 Å². The van der Waals surface area contributed by atoms with Gasteiger partial charge in [0.05, 0.1) is 21.9 Å². The molecular weight excluding hydrogens is 544 g/mol. The Morgan fingerprint density at radius 3 is 1.56 bits per heavy atom. The van der Waals surface area contributed by atoms with Crippen molar-refractivity contribution in [3.05, 3.63) is 169 Å². The highest BCUT2D eigenvalue weighted by molar-refractivity contribution is 6.22. The van der Waals surface area contributed by atoms with Gasteiger partial charge in [0.15, 0.2) is 0 Å². The Kier molecular flexibility index (Phi) is 3.28. The molecular formula is C44H28O. The molecule has 0 unspecified atom stereocenters. The van der Waals surface area contributed by atoms with Crippen LogP contribution in [0.1, 0.15) is 21.9 Å². The van der Waals surface area contributed by atoms with Gasteiger partial charge in [-0.2, -0.15) is 0 Å². The van der Waals surface area contributed by atoms with Crippen molar-refractivity contribution in [2.75, 3.05) is 0 Å². The van der Waals surface area contributed by atoms with Gasteiger partial charge in [0.25, 0.3) is 0 Å². The topological polar surface area (TPSA) is 13.1 Å².